The SMILES string of the molecule is O=C(O)CC[C@H](NC(=O)[C@@H]1CCCN1)C(=O)N1CCC[C@@H]1C(=O)O. The summed E-state index contributed by atoms with van der Waals surface area (Å²) in [5, 5.41) is 23.7. The summed E-state index contributed by atoms with van der Waals surface area (Å²) in [6.45, 7) is 1.02. The minimum Gasteiger partial charge on any atom is -0.481 e. The van der Waals surface area contributed by atoms with Gasteiger partial charge in [0, 0.05) is 13.0 Å². The summed E-state index contributed by atoms with van der Waals surface area (Å²) < 4.78 is 0. The molecule has 24 heavy (non-hydrogen) atoms. The summed E-state index contributed by atoms with van der Waals surface area (Å²) >= 11 is 0. The van der Waals surface area contributed by atoms with Crippen molar-refractivity contribution in [1.82, 2.24) is 15.5 Å². The Labute approximate surface area is 139 Å². The number of nitrogens with one attached hydrogen (secondary N) is 2. The van der Waals surface area contributed by atoms with Crippen LogP contribution in [-0.2, 0) is 19.2 Å². The Balaban J connectivity index is 2.05. The van der Waals surface area contributed by atoms with Gasteiger partial charge in [-0.15, -0.1) is 0 Å². The minimum absolute atomic E-state index is 0.0601. The van der Waals surface area contributed by atoms with E-state index in [-0.39, 0.29) is 24.8 Å². The van der Waals surface area contributed by atoms with Crippen LogP contribution in [0.5, 0.6) is 0 Å². The molecular formula is C15H23N3O6. The van der Waals surface area contributed by atoms with Crippen molar-refractivity contribution in [1.29, 1.82) is 0 Å². The average molecular weight is 341 g/mol. The van der Waals surface area contributed by atoms with E-state index in [2.05, 4.69) is 10.6 Å². The monoisotopic (exact) mass is 341 g/mol. The largest absolute Gasteiger partial charge is 0.481 e. The standard InChI is InChI=1S/C15H23N3O6/c19-12(20)6-5-10(17-13(21)9-3-1-7-16-9)14(22)18-8-2-4-11(18)15(23)24/h9-11,16H,1-8H2,(H,17,21)(H,19,20)(H,23,24)/t9-,10-,11+/m0/s1. The van der Waals surface area contributed by atoms with Gasteiger partial charge >= 0.3 is 11.9 Å². The molecule has 2 heterocycles. The van der Waals surface area contributed by atoms with Gasteiger partial charge in [-0.1, -0.05) is 0 Å². The second-order valence-corrected chi connectivity index (χ2v) is 6.17. The van der Waals surface area contributed by atoms with Crippen LogP contribution in [0, 0.1) is 0 Å². The first-order valence-corrected chi connectivity index (χ1v) is 8.19. The van der Waals surface area contributed by atoms with Crippen molar-refractivity contribution in [2.75, 3.05) is 13.1 Å². The predicted molar refractivity (Wildman–Crippen MR) is 82.2 cm³/mol. The van der Waals surface area contributed by atoms with Gasteiger partial charge in [-0.2, -0.15) is 0 Å². The smallest absolute Gasteiger partial charge is 0.326 e. The van der Waals surface area contributed by atoms with Crippen molar-refractivity contribution < 1.29 is 29.4 Å². The average Bonchev–Trinajstić information content (AvgIpc) is 3.20. The lowest BCUT2D eigenvalue weighted by molar-refractivity contribution is -0.150. The van der Waals surface area contributed by atoms with Gasteiger partial charge in [0.05, 0.1) is 6.04 Å². The van der Waals surface area contributed by atoms with Crippen LogP contribution in [0.4, 0.5) is 0 Å². The lowest BCUT2D eigenvalue weighted by Crippen LogP contribution is -2.54. The summed E-state index contributed by atoms with van der Waals surface area (Å²) in [6.07, 6.45) is 2.12. The topological polar surface area (TPSA) is 136 Å². The number of likely N-dealkylation sites (tertiary alicyclic amines) is 1. The summed E-state index contributed by atoms with van der Waals surface area (Å²) in [7, 11) is 0. The first-order chi connectivity index (χ1) is 11.4. The van der Waals surface area contributed by atoms with Crippen molar-refractivity contribution in [2.45, 2.75) is 56.7 Å². The predicted octanol–water partition coefficient (Wildman–Crippen LogP) is -0.836. The number of carbonyl (C=O) groups excluding carboxylic acids is 2. The van der Waals surface area contributed by atoms with Gasteiger partial charge in [0.1, 0.15) is 12.1 Å². The van der Waals surface area contributed by atoms with Gasteiger partial charge in [0.15, 0.2) is 0 Å². The van der Waals surface area contributed by atoms with E-state index in [9.17, 15) is 24.3 Å². The highest BCUT2D eigenvalue weighted by Gasteiger charge is 2.38. The normalized spacial score (nSPS) is 24.6. The highest BCUT2D eigenvalue weighted by atomic mass is 16.4. The number of hydrogen-bond donors (Lipinski definition) is 4. The Bertz CT molecular complexity index is 517. The maximum Gasteiger partial charge on any atom is 0.326 e. The van der Waals surface area contributed by atoms with Crippen molar-refractivity contribution in [3.63, 3.8) is 0 Å². The molecule has 2 saturated heterocycles. The van der Waals surface area contributed by atoms with Crippen molar-refractivity contribution in [3.8, 4) is 0 Å². The molecule has 0 aromatic carbocycles. The Morgan fingerprint density at radius 1 is 1.17 bits per heavy atom. The first kappa shape index (κ1) is 18.2. The number of rotatable bonds is 7. The molecule has 0 bridgehead atoms. The van der Waals surface area contributed by atoms with Crippen molar-refractivity contribution >= 4 is 23.8 Å². The van der Waals surface area contributed by atoms with Crippen LogP contribution < -0.4 is 10.6 Å². The molecule has 0 aromatic rings. The van der Waals surface area contributed by atoms with Crippen LogP contribution in [0.3, 0.4) is 0 Å². The molecule has 2 rings (SSSR count). The van der Waals surface area contributed by atoms with Crippen LogP contribution in [-0.4, -0.2) is 70.1 Å². The third-order valence-electron chi connectivity index (χ3n) is 4.46. The van der Waals surface area contributed by atoms with E-state index >= 15 is 0 Å². The lowest BCUT2D eigenvalue weighted by Gasteiger charge is -2.27. The lowest BCUT2D eigenvalue weighted by atomic mass is 10.1. The molecule has 0 spiro atoms. The molecule has 3 atom stereocenters. The van der Waals surface area contributed by atoms with E-state index in [0.717, 1.165) is 13.0 Å². The molecule has 0 unspecified atom stereocenters. The van der Waals surface area contributed by atoms with Gasteiger partial charge in [0.25, 0.3) is 0 Å². The van der Waals surface area contributed by atoms with Crippen LogP contribution in [0.2, 0.25) is 0 Å². The van der Waals surface area contributed by atoms with Gasteiger partial charge in [-0.05, 0) is 38.6 Å². The molecule has 2 aliphatic heterocycles. The molecule has 0 aliphatic carbocycles. The number of carboxylic acids is 2. The van der Waals surface area contributed by atoms with Gasteiger partial charge in [0.2, 0.25) is 11.8 Å². The molecule has 0 aromatic heterocycles. The molecule has 134 valence electrons. The molecule has 0 radical (unpaired) electrons. The molecule has 9 heteroatoms. The van der Waals surface area contributed by atoms with Gasteiger partial charge < -0.3 is 25.7 Å². The fourth-order valence-electron chi connectivity index (χ4n) is 3.19. The van der Waals surface area contributed by atoms with E-state index in [1.165, 1.54) is 4.90 Å². The zero-order chi connectivity index (χ0) is 17.7. The fourth-order valence-corrected chi connectivity index (χ4v) is 3.19. The van der Waals surface area contributed by atoms with Crippen molar-refractivity contribution in [3.05, 3.63) is 0 Å². The van der Waals surface area contributed by atoms with Crippen LogP contribution in [0.1, 0.15) is 38.5 Å². The summed E-state index contributed by atoms with van der Waals surface area (Å²) in [5.41, 5.74) is 0. The van der Waals surface area contributed by atoms with Gasteiger partial charge in [-0.25, -0.2) is 4.79 Å². The van der Waals surface area contributed by atoms with Crippen LogP contribution >= 0.6 is 0 Å². The van der Waals surface area contributed by atoms with E-state index in [1.54, 1.807) is 0 Å². The fraction of sp³-hybridized carbons (Fsp3) is 0.733. The number of carbonyl (C=O) groups is 4. The van der Waals surface area contributed by atoms with E-state index in [1.807, 2.05) is 0 Å². The number of amides is 2. The Morgan fingerprint density at radius 2 is 1.92 bits per heavy atom. The second-order valence-electron chi connectivity index (χ2n) is 6.17. The van der Waals surface area contributed by atoms with Gasteiger partial charge in [-0.3, -0.25) is 14.4 Å². The third-order valence-corrected chi connectivity index (χ3v) is 4.46. The van der Waals surface area contributed by atoms with Crippen LogP contribution in [0.15, 0.2) is 0 Å². The summed E-state index contributed by atoms with van der Waals surface area (Å²) in [5.74, 6) is -3.02. The highest BCUT2D eigenvalue weighted by Crippen LogP contribution is 2.20. The Kier molecular flexibility index (Phi) is 6.13. The van der Waals surface area contributed by atoms with E-state index in [4.69, 9.17) is 5.11 Å². The van der Waals surface area contributed by atoms with E-state index < -0.39 is 29.9 Å². The molecule has 2 fully saturated rings. The van der Waals surface area contributed by atoms with E-state index in [0.29, 0.717) is 25.8 Å². The quantitative estimate of drug-likeness (QED) is 0.474. The minimum atomic E-state index is -1.08. The highest BCUT2D eigenvalue weighted by molar-refractivity contribution is 5.92. The van der Waals surface area contributed by atoms with Crippen molar-refractivity contribution in [2.24, 2.45) is 0 Å². The molecule has 0 saturated carbocycles. The third kappa shape index (κ3) is 4.44. The molecule has 2 aliphatic rings. The summed E-state index contributed by atoms with van der Waals surface area (Å²) in [4.78, 5) is 48.2. The molecular weight excluding hydrogens is 318 g/mol. The first-order valence-electron chi connectivity index (χ1n) is 8.19. The number of nitrogens with zero attached hydrogens (tertiary/aromatic N) is 1. The molecule has 2 amide bonds. The summed E-state index contributed by atoms with van der Waals surface area (Å²) in [6, 6.07) is -2.32. The molecule has 4 N–H and O–H groups in total. The Hall–Kier alpha value is -2.16. The molecule has 9 nitrogen and oxygen atoms in total. The number of aliphatic carboxylic acids is 2. The zero-order valence-corrected chi connectivity index (χ0v) is 13.4. The second kappa shape index (κ2) is 8.09. The maximum atomic E-state index is 12.7. The maximum absolute atomic E-state index is 12.7. The zero-order valence-electron chi connectivity index (χ0n) is 13.4. The Morgan fingerprint density at radius 3 is 2.50 bits per heavy atom. The van der Waals surface area contributed by atoms with Crippen LogP contribution in [0.25, 0.3) is 0 Å². The number of carboxylic acid groups (broad SMARTS) is 2. The number of hydrogen-bond acceptors (Lipinski definition) is 5.